The first-order chi connectivity index (χ1) is 14.6. The number of carboxylic acid groups (broad SMARTS) is 1. The molecular weight excluding hydrogens is 442 g/mol. The molecule has 0 radical (unpaired) electrons. The lowest BCUT2D eigenvalue weighted by Crippen LogP contribution is -2.49. The Balaban J connectivity index is 1.89. The lowest BCUT2D eigenvalue weighted by atomic mass is 10.0. The molecule has 1 aromatic heterocycles. The van der Waals surface area contributed by atoms with Crippen molar-refractivity contribution in [1.82, 2.24) is 14.5 Å². The van der Waals surface area contributed by atoms with E-state index in [-0.39, 0.29) is 37.7 Å². The Kier molecular flexibility index (Phi) is 6.97. The average molecular weight is 468 g/mol. The molecule has 1 atom stereocenters. The quantitative estimate of drug-likeness (QED) is 0.516. The number of sulfonamides is 1. The third kappa shape index (κ3) is 5.41. The second-order valence-electron chi connectivity index (χ2n) is 7.85. The van der Waals surface area contributed by atoms with Crippen LogP contribution in [0.25, 0.3) is 10.1 Å². The van der Waals surface area contributed by atoms with Gasteiger partial charge in [0, 0.05) is 17.8 Å². The van der Waals surface area contributed by atoms with Crippen LogP contribution in [0, 0.1) is 5.92 Å². The number of hydrogen-bond acceptors (Lipinski definition) is 6. The highest BCUT2D eigenvalue weighted by molar-refractivity contribution is 7.88. The van der Waals surface area contributed by atoms with Crippen LogP contribution in [0.3, 0.4) is 0 Å². The smallest absolute Gasteiger partial charge is 0.324 e. The third-order valence-electron chi connectivity index (χ3n) is 5.03. The number of benzene rings is 1. The number of carboxylic acids is 1. The van der Waals surface area contributed by atoms with Crippen molar-refractivity contribution in [2.45, 2.75) is 32.1 Å². The topological polar surface area (TPSA) is 124 Å². The van der Waals surface area contributed by atoms with Gasteiger partial charge in [-0.15, -0.1) is 11.3 Å². The van der Waals surface area contributed by atoms with Gasteiger partial charge in [-0.2, -0.15) is 4.31 Å². The van der Waals surface area contributed by atoms with Crippen LogP contribution < -0.4 is 5.32 Å². The number of rotatable bonds is 10. The molecule has 3 amide bonds. The van der Waals surface area contributed by atoms with Crippen LogP contribution >= 0.6 is 11.3 Å². The maximum Gasteiger partial charge on any atom is 0.324 e. The predicted octanol–water partition coefficient (Wildman–Crippen LogP) is 2.08. The molecule has 3 rings (SSSR count). The summed E-state index contributed by atoms with van der Waals surface area (Å²) in [5, 5.41) is 15.0. The van der Waals surface area contributed by atoms with Crippen LogP contribution in [0.5, 0.6) is 0 Å². The monoisotopic (exact) mass is 467 g/mol. The van der Waals surface area contributed by atoms with Crippen LogP contribution in [0.1, 0.15) is 25.8 Å². The van der Waals surface area contributed by atoms with Gasteiger partial charge in [0.1, 0.15) is 6.04 Å². The number of nitrogens with zero attached hydrogens (tertiary/aromatic N) is 2. The number of thiophene rings is 1. The minimum absolute atomic E-state index is 0.0716. The minimum Gasteiger partial charge on any atom is -0.480 e. The molecule has 2 heterocycles. The fourth-order valence-electron chi connectivity index (χ4n) is 3.56. The SMILES string of the molecule is CC(C)C[C@H](C(=O)O)N(CCN1C(=O)CNC1=O)S(=O)(=O)Cc1ccc2sccc2c1. The van der Waals surface area contributed by atoms with E-state index in [1.54, 1.807) is 23.5 Å². The summed E-state index contributed by atoms with van der Waals surface area (Å²) in [5.74, 6) is -2.18. The highest BCUT2D eigenvalue weighted by Gasteiger charge is 2.37. The summed E-state index contributed by atoms with van der Waals surface area (Å²) in [7, 11) is -4.06. The van der Waals surface area contributed by atoms with Gasteiger partial charge in [-0.3, -0.25) is 14.5 Å². The van der Waals surface area contributed by atoms with Gasteiger partial charge < -0.3 is 10.4 Å². The van der Waals surface area contributed by atoms with Gasteiger partial charge in [0.2, 0.25) is 15.9 Å². The zero-order valence-electron chi connectivity index (χ0n) is 17.3. The summed E-state index contributed by atoms with van der Waals surface area (Å²) in [6.45, 7) is 2.97. The van der Waals surface area contributed by atoms with Crippen molar-refractivity contribution in [1.29, 1.82) is 0 Å². The summed E-state index contributed by atoms with van der Waals surface area (Å²) < 4.78 is 28.6. The van der Waals surface area contributed by atoms with Crippen molar-refractivity contribution in [3.63, 3.8) is 0 Å². The molecule has 11 heteroatoms. The molecule has 0 saturated carbocycles. The zero-order valence-corrected chi connectivity index (χ0v) is 18.9. The Morgan fingerprint density at radius 1 is 1.29 bits per heavy atom. The molecule has 1 aliphatic heterocycles. The fourth-order valence-corrected chi connectivity index (χ4v) is 6.02. The second kappa shape index (κ2) is 9.33. The molecule has 168 valence electrons. The Morgan fingerprint density at radius 3 is 2.65 bits per heavy atom. The molecular formula is C20H25N3O6S2. The number of nitrogens with one attached hydrogen (secondary N) is 1. The predicted molar refractivity (Wildman–Crippen MR) is 117 cm³/mol. The first kappa shape index (κ1) is 23.2. The maximum atomic E-state index is 13.3. The van der Waals surface area contributed by atoms with Gasteiger partial charge in [-0.25, -0.2) is 13.2 Å². The van der Waals surface area contributed by atoms with E-state index in [1.165, 1.54) is 0 Å². The fraction of sp³-hybridized carbons (Fsp3) is 0.450. The van der Waals surface area contributed by atoms with Gasteiger partial charge in [0.15, 0.2) is 0 Å². The van der Waals surface area contributed by atoms with E-state index in [9.17, 15) is 27.9 Å². The van der Waals surface area contributed by atoms with Crippen molar-refractivity contribution in [2.24, 2.45) is 5.92 Å². The number of urea groups is 1. The van der Waals surface area contributed by atoms with Crippen molar-refractivity contribution >= 4 is 49.4 Å². The van der Waals surface area contributed by atoms with E-state index in [4.69, 9.17) is 0 Å². The summed E-state index contributed by atoms with van der Waals surface area (Å²) in [6, 6.07) is 5.31. The summed E-state index contributed by atoms with van der Waals surface area (Å²) in [6.07, 6.45) is 0.109. The Morgan fingerprint density at radius 2 is 2.03 bits per heavy atom. The second-order valence-corrected chi connectivity index (χ2v) is 10.7. The number of carbonyl (C=O) groups is 3. The minimum atomic E-state index is -4.06. The van der Waals surface area contributed by atoms with E-state index in [1.807, 2.05) is 31.4 Å². The molecule has 1 saturated heterocycles. The van der Waals surface area contributed by atoms with E-state index < -0.39 is 34.0 Å². The molecule has 9 nitrogen and oxygen atoms in total. The van der Waals surface area contributed by atoms with Gasteiger partial charge in [-0.1, -0.05) is 19.9 Å². The van der Waals surface area contributed by atoms with Crippen LogP contribution in [0.4, 0.5) is 4.79 Å². The first-order valence-electron chi connectivity index (χ1n) is 9.85. The summed E-state index contributed by atoms with van der Waals surface area (Å²) in [4.78, 5) is 36.6. The number of amides is 3. The molecule has 1 fully saturated rings. The lowest BCUT2D eigenvalue weighted by Gasteiger charge is -2.30. The Hall–Kier alpha value is -2.50. The summed E-state index contributed by atoms with van der Waals surface area (Å²) >= 11 is 1.55. The Labute approximate surface area is 184 Å². The van der Waals surface area contributed by atoms with Crippen molar-refractivity contribution in [2.75, 3.05) is 19.6 Å². The third-order valence-corrected chi connectivity index (χ3v) is 7.78. The van der Waals surface area contributed by atoms with E-state index in [2.05, 4.69) is 5.32 Å². The van der Waals surface area contributed by atoms with Gasteiger partial charge in [-0.05, 0) is 46.9 Å². The highest BCUT2D eigenvalue weighted by Crippen LogP contribution is 2.25. The van der Waals surface area contributed by atoms with Crippen LogP contribution in [-0.2, 0) is 25.4 Å². The maximum absolute atomic E-state index is 13.3. The number of carbonyl (C=O) groups excluding carboxylic acids is 2. The molecule has 1 aromatic carbocycles. The van der Waals surface area contributed by atoms with Gasteiger partial charge in [0.05, 0.1) is 12.3 Å². The molecule has 1 aliphatic rings. The zero-order chi connectivity index (χ0) is 22.8. The molecule has 2 N–H and O–H groups in total. The average Bonchev–Trinajstić information content (AvgIpc) is 3.26. The number of fused-ring (bicyclic) bond motifs is 1. The normalized spacial score (nSPS) is 15.8. The van der Waals surface area contributed by atoms with E-state index in [0.29, 0.717) is 5.56 Å². The van der Waals surface area contributed by atoms with E-state index in [0.717, 1.165) is 19.3 Å². The lowest BCUT2D eigenvalue weighted by molar-refractivity contribution is -0.142. The van der Waals surface area contributed by atoms with Crippen LogP contribution in [0.15, 0.2) is 29.6 Å². The van der Waals surface area contributed by atoms with Gasteiger partial charge in [0.25, 0.3) is 0 Å². The van der Waals surface area contributed by atoms with Crippen LogP contribution in [-0.4, -0.2) is 66.3 Å². The number of imide groups is 1. The molecule has 2 aromatic rings. The van der Waals surface area contributed by atoms with Crippen molar-refractivity contribution < 1.29 is 27.9 Å². The molecule has 0 bridgehead atoms. The molecule has 31 heavy (non-hydrogen) atoms. The van der Waals surface area contributed by atoms with Gasteiger partial charge >= 0.3 is 12.0 Å². The standard InChI is InChI=1S/C20H25N3O6S2/c1-13(2)9-16(19(25)26)23(7-6-22-18(24)11-21-20(22)27)31(28,29)12-14-3-4-17-15(10-14)5-8-30-17/h3-5,8,10,13,16H,6-7,9,11-12H2,1-2H3,(H,21,27)(H,25,26)/t16-/m1/s1. The van der Waals surface area contributed by atoms with Crippen molar-refractivity contribution in [3.05, 3.63) is 35.2 Å². The van der Waals surface area contributed by atoms with Crippen molar-refractivity contribution in [3.8, 4) is 0 Å². The Bertz CT molecular complexity index is 1080. The largest absolute Gasteiger partial charge is 0.480 e. The first-order valence-corrected chi connectivity index (χ1v) is 12.3. The van der Waals surface area contributed by atoms with E-state index >= 15 is 0 Å². The molecule has 0 aliphatic carbocycles. The number of aliphatic carboxylic acids is 1. The highest BCUT2D eigenvalue weighted by atomic mass is 32.2. The number of hydrogen-bond donors (Lipinski definition) is 2. The molecule has 0 unspecified atom stereocenters. The summed E-state index contributed by atoms with van der Waals surface area (Å²) in [5.41, 5.74) is 0.541. The van der Waals surface area contributed by atoms with Crippen LogP contribution in [0.2, 0.25) is 0 Å². The molecule has 0 spiro atoms.